The second-order valence-electron chi connectivity index (χ2n) is 5.16. The van der Waals surface area contributed by atoms with Crippen LogP contribution in [0.3, 0.4) is 0 Å². The third-order valence-electron chi connectivity index (χ3n) is 2.03. The van der Waals surface area contributed by atoms with Crippen LogP contribution in [0, 0.1) is 0 Å². The molecule has 1 aromatic rings. The van der Waals surface area contributed by atoms with E-state index in [0.29, 0.717) is 12.3 Å². The van der Waals surface area contributed by atoms with Crippen molar-refractivity contribution < 1.29 is 14.0 Å². The van der Waals surface area contributed by atoms with Crippen molar-refractivity contribution in [2.75, 3.05) is 35.2 Å². The molecule has 0 radical (unpaired) electrons. The predicted molar refractivity (Wildman–Crippen MR) is 65.7 cm³/mol. The standard InChI is InChI=1S/C12H20N3O2/c1-14(2)12(16)17-11-7-6-8-13-10(11)9-15(3,4)5/h6-8H,9H2,1-5H3/q+1. The highest BCUT2D eigenvalue weighted by atomic mass is 16.6. The Morgan fingerprint density at radius 1 is 1.41 bits per heavy atom. The smallest absolute Gasteiger partial charge is 0.408 e. The van der Waals surface area contributed by atoms with Gasteiger partial charge >= 0.3 is 6.09 Å². The molecular weight excluding hydrogens is 218 g/mol. The maximum atomic E-state index is 11.5. The Labute approximate surface area is 102 Å². The Balaban J connectivity index is 2.89. The van der Waals surface area contributed by atoms with Gasteiger partial charge < -0.3 is 14.1 Å². The van der Waals surface area contributed by atoms with Gasteiger partial charge in [0.05, 0.1) is 21.1 Å². The van der Waals surface area contributed by atoms with Crippen molar-refractivity contribution in [3.63, 3.8) is 0 Å². The summed E-state index contributed by atoms with van der Waals surface area (Å²) in [5.41, 5.74) is 0.787. The molecule has 1 heterocycles. The number of rotatable bonds is 3. The highest BCUT2D eigenvalue weighted by molar-refractivity contribution is 5.70. The van der Waals surface area contributed by atoms with E-state index in [4.69, 9.17) is 4.74 Å². The molecule has 0 aromatic carbocycles. The van der Waals surface area contributed by atoms with Crippen LogP contribution in [0.15, 0.2) is 18.3 Å². The van der Waals surface area contributed by atoms with Crippen molar-refractivity contribution in [1.82, 2.24) is 9.88 Å². The number of aromatic nitrogens is 1. The Hall–Kier alpha value is -1.62. The lowest BCUT2D eigenvalue weighted by Crippen LogP contribution is -2.34. The molecule has 0 spiro atoms. The molecule has 0 bridgehead atoms. The van der Waals surface area contributed by atoms with Crippen LogP contribution in [0.25, 0.3) is 0 Å². The van der Waals surface area contributed by atoms with Gasteiger partial charge in [-0.05, 0) is 12.1 Å². The van der Waals surface area contributed by atoms with Crippen LogP contribution >= 0.6 is 0 Å². The summed E-state index contributed by atoms with van der Waals surface area (Å²) in [5, 5.41) is 0. The van der Waals surface area contributed by atoms with Gasteiger partial charge in [0, 0.05) is 20.3 Å². The third kappa shape index (κ3) is 4.40. The summed E-state index contributed by atoms with van der Waals surface area (Å²) < 4.78 is 5.99. The zero-order valence-electron chi connectivity index (χ0n) is 11.1. The molecule has 0 fully saturated rings. The van der Waals surface area contributed by atoms with Gasteiger partial charge in [0.1, 0.15) is 12.2 Å². The fourth-order valence-corrected chi connectivity index (χ4v) is 1.27. The zero-order chi connectivity index (χ0) is 13.1. The lowest BCUT2D eigenvalue weighted by Gasteiger charge is -2.24. The van der Waals surface area contributed by atoms with Gasteiger partial charge in [0.25, 0.3) is 0 Å². The molecule has 0 aliphatic carbocycles. The third-order valence-corrected chi connectivity index (χ3v) is 2.03. The largest absolute Gasteiger partial charge is 0.414 e. The van der Waals surface area contributed by atoms with E-state index in [2.05, 4.69) is 26.1 Å². The van der Waals surface area contributed by atoms with Gasteiger partial charge in [0.2, 0.25) is 0 Å². The molecule has 0 aliphatic heterocycles. The van der Waals surface area contributed by atoms with Gasteiger partial charge in [0.15, 0.2) is 5.75 Å². The molecule has 1 amide bonds. The number of hydrogen-bond donors (Lipinski definition) is 0. The predicted octanol–water partition coefficient (Wildman–Crippen LogP) is 1.35. The molecule has 0 aliphatic rings. The van der Waals surface area contributed by atoms with Crippen LogP contribution in [-0.4, -0.2) is 55.7 Å². The first kappa shape index (κ1) is 13.4. The molecule has 94 valence electrons. The lowest BCUT2D eigenvalue weighted by molar-refractivity contribution is -0.884. The minimum Gasteiger partial charge on any atom is -0.408 e. The van der Waals surface area contributed by atoms with E-state index < -0.39 is 0 Å². The number of pyridine rings is 1. The maximum Gasteiger partial charge on any atom is 0.414 e. The molecule has 0 N–H and O–H groups in total. The van der Waals surface area contributed by atoms with Gasteiger partial charge in [-0.15, -0.1) is 0 Å². The second-order valence-corrected chi connectivity index (χ2v) is 5.16. The van der Waals surface area contributed by atoms with Gasteiger partial charge in [-0.25, -0.2) is 4.79 Å². The molecule has 5 nitrogen and oxygen atoms in total. The number of hydrogen-bond acceptors (Lipinski definition) is 3. The molecule has 0 atom stereocenters. The average Bonchev–Trinajstić information content (AvgIpc) is 2.18. The fraction of sp³-hybridized carbons (Fsp3) is 0.500. The highest BCUT2D eigenvalue weighted by Crippen LogP contribution is 2.18. The van der Waals surface area contributed by atoms with Crippen LogP contribution in [0.1, 0.15) is 5.69 Å². The Kier molecular flexibility index (Phi) is 4.07. The Bertz CT molecular complexity index is 397. The SMILES string of the molecule is CN(C)C(=O)Oc1cccnc1C[N+](C)(C)C. The van der Waals surface area contributed by atoms with E-state index >= 15 is 0 Å². The molecule has 1 aromatic heterocycles. The van der Waals surface area contributed by atoms with E-state index in [0.717, 1.165) is 10.2 Å². The quantitative estimate of drug-likeness (QED) is 0.746. The van der Waals surface area contributed by atoms with Crippen molar-refractivity contribution >= 4 is 6.09 Å². The number of quaternary nitrogens is 1. The van der Waals surface area contributed by atoms with Crippen molar-refractivity contribution in [3.8, 4) is 5.75 Å². The van der Waals surface area contributed by atoms with Crippen LogP contribution < -0.4 is 4.74 Å². The van der Waals surface area contributed by atoms with E-state index in [-0.39, 0.29) is 6.09 Å². The van der Waals surface area contributed by atoms with Crippen LogP contribution in [0.2, 0.25) is 0 Å². The van der Waals surface area contributed by atoms with E-state index in [1.165, 1.54) is 4.90 Å². The second kappa shape index (κ2) is 5.14. The number of ether oxygens (including phenoxy) is 1. The van der Waals surface area contributed by atoms with Crippen LogP contribution in [0.4, 0.5) is 4.79 Å². The first-order chi connectivity index (χ1) is 7.79. The lowest BCUT2D eigenvalue weighted by atomic mass is 10.3. The molecular formula is C12H20N3O2+. The molecule has 17 heavy (non-hydrogen) atoms. The summed E-state index contributed by atoms with van der Waals surface area (Å²) in [5.74, 6) is 0.527. The first-order valence-corrected chi connectivity index (χ1v) is 5.43. The van der Waals surface area contributed by atoms with E-state index in [9.17, 15) is 4.79 Å². The molecule has 1 rings (SSSR count). The van der Waals surface area contributed by atoms with Gasteiger partial charge in [-0.3, -0.25) is 4.98 Å². The Morgan fingerprint density at radius 2 is 2.06 bits per heavy atom. The van der Waals surface area contributed by atoms with Crippen molar-refractivity contribution in [2.24, 2.45) is 0 Å². The van der Waals surface area contributed by atoms with E-state index in [1.54, 1.807) is 32.4 Å². The molecule has 5 heteroatoms. The summed E-state index contributed by atoms with van der Waals surface area (Å²) in [4.78, 5) is 17.2. The average molecular weight is 238 g/mol. The monoisotopic (exact) mass is 238 g/mol. The Morgan fingerprint density at radius 3 is 2.59 bits per heavy atom. The van der Waals surface area contributed by atoms with Gasteiger partial charge in [-0.2, -0.15) is 0 Å². The fourth-order valence-electron chi connectivity index (χ4n) is 1.27. The summed E-state index contributed by atoms with van der Waals surface area (Å²) >= 11 is 0. The normalized spacial score (nSPS) is 11.1. The number of amides is 1. The number of carbonyl (C=O) groups excluding carboxylic acids is 1. The summed E-state index contributed by atoms with van der Waals surface area (Å²) in [6.45, 7) is 0.705. The summed E-state index contributed by atoms with van der Waals surface area (Å²) in [7, 11) is 9.49. The van der Waals surface area contributed by atoms with Gasteiger partial charge in [-0.1, -0.05) is 0 Å². The number of carbonyl (C=O) groups is 1. The molecule has 0 saturated carbocycles. The van der Waals surface area contributed by atoms with Crippen LogP contribution in [-0.2, 0) is 6.54 Å². The van der Waals surface area contributed by atoms with Crippen molar-refractivity contribution in [1.29, 1.82) is 0 Å². The minimum atomic E-state index is -0.388. The topological polar surface area (TPSA) is 42.4 Å². The summed E-state index contributed by atoms with van der Waals surface area (Å²) in [6, 6.07) is 3.52. The minimum absolute atomic E-state index is 0.388. The van der Waals surface area contributed by atoms with Crippen LogP contribution in [0.5, 0.6) is 5.75 Å². The molecule has 0 unspecified atom stereocenters. The summed E-state index contributed by atoms with van der Waals surface area (Å²) in [6.07, 6.45) is 1.32. The van der Waals surface area contributed by atoms with Crippen molar-refractivity contribution in [2.45, 2.75) is 6.54 Å². The number of nitrogens with zero attached hydrogens (tertiary/aromatic N) is 3. The van der Waals surface area contributed by atoms with Crippen molar-refractivity contribution in [3.05, 3.63) is 24.0 Å². The van der Waals surface area contributed by atoms with E-state index in [1.807, 2.05) is 0 Å². The first-order valence-electron chi connectivity index (χ1n) is 5.43. The highest BCUT2D eigenvalue weighted by Gasteiger charge is 2.17. The molecule has 0 saturated heterocycles. The maximum absolute atomic E-state index is 11.5. The zero-order valence-corrected chi connectivity index (χ0v) is 11.1.